The third-order valence-electron chi connectivity index (χ3n) is 3.89. The van der Waals surface area contributed by atoms with Crippen LogP contribution in [0.3, 0.4) is 0 Å². The maximum atomic E-state index is 9.64. The number of hydrogen-bond donors (Lipinski definition) is 2. The molecular weight excluding hydrogens is 248 g/mol. The van der Waals surface area contributed by atoms with E-state index in [0.717, 1.165) is 6.42 Å². The van der Waals surface area contributed by atoms with E-state index >= 15 is 0 Å². The summed E-state index contributed by atoms with van der Waals surface area (Å²) in [4.78, 5) is 0. The SMILES string of the molecule is COCC1OC(CC(C)C)C(OC)C(CO)C1CO. The van der Waals surface area contributed by atoms with Crippen molar-refractivity contribution in [1.29, 1.82) is 0 Å². The normalized spacial score (nSPS) is 35.8. The molecule has 0 aliphatic carbocycles. The summed E-state index contributed by atoms with van der Waals surface area (Å²) < 4.78 is 16.8. The van der Waals surface area contributed by atoms with E-state index in [2.05, 4.69) is 13.8 Å². The van der Waals surface area contributed by atoms with Gasteiger partial charge in [0.2, 0.25) is 0 Å². The molecular formula is C14H28O5. The molecule has 5 unspecified atom stereocenters. The highest BCUT2D eigenvalue weighted by atomic mass is 16.6. The van der Waals surface area contributed by atoms with E-state index in [-0.39, 0.29) is 43.4 Å². The number of aliphatic hydroxyl groups is 2. The first-order chi connectivity index (χ1) is 9.08. The maximum Gasteiger partial charge on any atom is 0.0887 e. The fraction of sp³-hybridized carbons (Fsp3) is 1.00. The highest BCUT2D eigenvalue weighted by Crippen LogP contribution is 2.35. The van der Waals surface area contributed by atoms with Gasteiger partial charge in [0.15, 0.2) is 0 Å². The number of ether oxygens (including phenoxy) is 3. The molecule has 5 nitrogen and oxygen atoms in total. The summed E-state index contributed by atoms with van der Waals surface area (Å²) in [5.74, 6) is 0.210. The molecule has 0 saturated carbocycles. The van der Waals surface area contributed by atoms with Crippen LogP contribution in [-0.2, 0) is 14.2 Å². The summed E-state index contributed by atoms with van der Waals surface area (Å²) >= 11 is 0. The largest absolute Gasteiger partial charge is 0.396 e. The van der Waals surface area contributed by atoms with E-state index in [1.54, 1.807) is 14.2 Å². The first kappa shape index (κ1) is 16.9. The van der Waals surface area contributed by atoms with Crippen LogP contribution in [0.15, 0.2) is 0 Å². The molecule has 0 bridgehead atoms. The van der Waals surface area contributed by atoms with Crippen molar-refractivity contribution in [3.63, 3.8) is 0 Å². The Balaban J connectivity index is 2.88. The molecule has 1 heterocycles. The molecule has 0 aromatic rings. The van der Waals surface area contributed by atoms with Gasteiger partial charge in [0.1, 0.15) is 0 Å². The molecule has 1 aliphatic rings. The predicted molar refractivity (Wildman–Crippen MR) is 71.9 cm³/mol. The Morgan fingerprint density at radius 1 is 1.05 bits per heavy atom. The monoisotopic (exact) mass is 276 g/mol. The predicted octanol–water partition coefficient (Wildman–Crippen LogP) is 0.678. The summed E-state index contributed by atoms with van der Waals surface area (Å²) in [7, 11) is 3.25. The average Bonchev–Trinajstić information content (AvgIpc) is 2.37. The zero-order chi connectivity index (χ0) is 14.4. The van der Waals surface area contributed by atoms with Gasteiger partial charge in [-0.05, 0) is 12.3 Å². The van der Waals surface area contributed by atoms with E-state index in [1.165, 1.54) is 0 Å². The zero-order valence-corrected chi connectivity index (χ0v) is 12.4. The Bertz CT molecular complexity index is 246. The summed E-state index contributed by atoms with van der Waals surface area (Å²) in [5, 5.41) is 19.2. The van der Waals surface area contributed by atoms with Crippen LogP contribution in [0.2, 0.25) is 0 Å². The molecule has 19 heavy (non-hydrogen) atoms. The van der Waals surface area contributed by atoms with Crippen LogP contribution >= 0.6 is 0 Å². The van der Waals surface area contributed by atoms with Crippen molar-refractivity contribution >= 4 is 0 Å². The van der Waals surface area contributed by atoms with Crippen LogP contribution in [0.25, 0.3) is 0 Å². The number of hydrogen-bond acceptors (Lipinski definition) is 5. The average molecular weight is 276 g/mol. The first-order valence-corrected chi connectivity index (χ1v) is 6.97. The minimum atomic E-state index is -0.192. The molecule has 0 spiro atoms. The second-order valence-electron chi connectivity index (χ2n) is 5.69. The topological polar surface area (TPSA) is 68.2 Å². The lowest BCUT2D eigenvalue weighted by molar-refractivity contribution is -0.213. The van der Waals surface area contributed by atoms with Gasteiger partial charge in [0, 0.05) is 39.3 Å². The molecule has 0 aromatic carbocycles. The van der Waals surface area contributed by atoms with Gasteiger partial charge in [-0.15, -0.1) is 0 Å². The first-order valence-electron chi connectivity index (χ1n) is 6.97. The van der Waals surface area contributed by atoms with Crippen LogP contribution in [0, 0.1) is 17.8 Å². The van der Waals surface area contributed by atoms with Crippen LogP contribution in [0.4, 0.5) is 0 Å². The molecule has 0 amide bonds. The van der Waals surface area contributed by atoms with Crippen LogP contribution < -0.4 is 0 Å². The van der Waals surface area contributed by atoms with Crippen molar-refractivity contribution < 1.29 is 24.4 Å². The van der Waals surface area contributed by atoms with Gasteiger partial charge in [-0.3, -0.25) is 0 Å². The standard InChI is InChI=1S/C14H28O5/c1-9(2)5-12-14(18-4)11(7-16)10(6-15)13(19-12)8-17-3/h9-16H,5-8H2,1-4H3. The minimum absolute atomic E-state index is 0.0120. The third-order valence-corrected chi connectivity index (χ3v) is 3.89. The molecule has 5 heteroatoms. The quantitative estimate of drug-likeness (QED) is 0.715. The number of rotatable bonds is 7. The molecule has 0 aromatic heterocycles. The Morgan fingerprint density at radius 3 is 2.11 bits per heavy atom. The van der Waals surface area contributed by atoms with E-state index in [4.69, 9.17) is 14.2 Å². The van der Waals surface area contributed by atoms with Gasteiger partial charge in [0.25, 0.3) is 0 Å². The lowest BCUT2D eigenvalue weighted by Gasteiger charge is -2.46. The van der Waals surface area contributed by atoms with Crippen molar-refractivity contribution in [3.05, 3.63) is 0 Å². The summed E-state index contributed by atoms with van der Waals surface area (Å²) in [6.45, 7) is 4.64. The Labute approximate surface area is 115 Å². The van der Waals surface area contributed by atoms with Crippen molar-refractivity contribution in [1.82, 2.24) is 0 Å². The molecule has 0 radical (unpaired) electrons. The summed E-state index contributed by atoms with van der Waals surface area (Å²) in [6.07, 6.45) is 0.429. The van der Waals surface area contributed by atoms with Crippen LogP contribution in [0.5, 0.6) is 0 Å². The van der Waals surface area contributed by atoms with Gasteiger partial charge < -0.3 is 24.4 Å². The van der Waals surface area contributed by atoms with Crippen molar-refractivity contribution in [2.75, 3.05) is 34.0 Å². The zero-order valence-electron chi connectivity index (χ0n) is 12.4. The second kappa shape index (κ2) is 8.17. The van der Waals surface area contributed by atoms with Gasteiger partial charge in [-0.25, -0.2) is 0 Å². The van der Waals surface area contributed by atoms with E-state index in [9.17, 15) is 10.2 Å². The third kappa shape index (κ3) is 4.13. The van der Waals surface area contributed by atoms with E-state index in [1.807, 2.05) is 0 Å². The smallest absolute Gasteiger partial charge is 0.0887 e. The van der Waals surface area contributed by atoms with Gasteiger partial charge in [-0.2, -0.15) is 0 Å². The van der Waals surface area contributed by atoms with Gasteiger partial charge in [0.05, 0.1) is 24.9 Å². The fourth-order valence-electron chi connectivity index (χ4n) is 3.00. The van der Waals surface area contributed by atoms with Crippen LogP contribution in [-0.4, -0.2) is 62.6 Å². The molecule has 1 rings (SSSR count). The van der Waals surface area contributed by atoms with Gasteiger partial charge in [-0.1, -0.05) is 13.8 Å². The maximum absolute atomic E-state index is 9.64. The molecule has 1 saturated heterocycles. The van der Waals surface area contributed by atoms with Crippen molar-refractivity contribution in [2.45, 2.75) is 38.6 Å². The molecule has 2 N–H and O–H groups in total. The lowest BCUT2D eigenvalue weighted by atomic mass is 9.78. The molecule has 114 valence electrons. The highest BCUT2D eigenvalue weighted by molar-refractivity contribution is 4.92. The highest BCUT2D eigenvalue weighted by Gasteiger charge is 2.45. The van der Waals surface area contributed by atoms with E-state index < -0.39 is 0 Å². The van der Waals surface area contributed by atoms with Crippen molar-refractivity contribution in [3.8, 4) is 0 Å². The Kier molecular flexibility index (Phi) is 7.25. The number of aliphatic hydroxyl groups excluding tert-OH is 2. The van der Waals surface area contributed by atoms with Gasteiger partial charge >= 0.3 is 0 Å². The second-order valence-corrected chi connectivity index (χ2v) is 5.69. The molecule has 1 fully saturated rings. The van der Waals surface area contributed by atoms with E-state index in [0.29, 0.717) is 12.5 Å². The molecule has 5 atom stereocenters. The Hall–Kier alpha value is -0.200. The number of methoxy groups -OCH3 is 2. The summed E-state index contributed by atoms with van der Waals surface area (Å²) in [5.41, 5.74) is 0. The summed E-state index contributed by atoms with van der Waals surface area (Å²) in [6, 6.07) is 0. The Morgan fingerprint density at radius 2 is 1.68 bits per heavy atom. The minimum Gasteiger partial charge on any atom is -0.396 e. The molecule has 1 aliphatic heterocycles. The van der Waals surface area contributed by atoms with Crippen molar-refractivity contribution in [2.24, 2.45) is 17.8 Å². The lowest BCUT2D eigenvalue weighted by Crippen LogP contribution is -2.55. The fourth-order valence-corrected chi connectivity index (χ4v) is 3.00. The van der Waals surface area contributed by atoms with Crippen LogP contribution in [0.1, 0.15) is 20.3 Å².